The highest BCUT2D eigenvalue weighted by molar-refractivity contribution is 6.34. The summed E-state index contributed by atoms with van der Waals surface area (Å²) in [5.41, 5.74) is 0.645. The minimum Gasteiger partial charge on any atom is -0.496 e. The van der Waals surface area contributed by atoms with Crippen LogP contribution in [0.5, 0.6) is 11.5 Å². The van der Waals surface area contributed by atoms with Crippen LogP contribution in [0.3, 0.4) is 0 Å². The third kappa shape index (κ3) is 7.40. The largest absolute Gasteiger partial charge is 0.496 e. The number of nitrogens with one attached hydrogen (secondary N) is 2. The van der Waals surface area contributed by atoms with E-state index < -0.39 is 5.91 Å². The molecule has 1 unspecified atom stereocenters. The van der Waals surface area contributed by atoms with Crippen molar-refractivity contribution in [2.45, 2.75) is 25.8 Å². The first-order valence-electron chi connectivity index (χ1n) is 10.5. The Bertz CT molecular complexity index is 957. The summed E-state index contributed by atoms with van der Waals surface area (Å²) in [6.07, 6.45) is 2.20. The van der Waals surface area contributed by atoms with Crippen molar-refractivity contribution in [1.29, 1.82) is 0 Å². The van der Waals surface area contributed by atoms with Gasteiger partial charge in [-0.15, -0.1) is 12.4 Å². The van der Waals surface area contributed by atoms with Crippen molar-refractivity contribution in [3.8, 4) is 11.5 Å². The molecule has 2 aromatic carbocycles. The zero-order chi connectivity index (χ0) is 23.1. The average Bonchev–Trinajstić information content (AvgIpc) is 3.25. The fourth-order valence-electron chi connectivity index (χ4n) is 3.71. The summed E-state index contributed by atoms with van der Waals surface area (Å²) in [6.45, 7) is 4.50. The number of halogens is 3. The molecule has 7 nitrogen and oxygen atoms in total. The number of hydrogen-bond acceptors (Lipinski definition) is 5. The number of carbonyl (C=O) groups excluding carboxylic acids is 2. The summed E-state index contributed by atoms with van der Waals surface area (Å²) < 4.78 is 10.8. The predicted molar refractivity (Wildman–Crippen MR) is 133 cm³/mol. The summed E-state index contributed by atoms with van der Waals surface area (Å²) in [4.78, 5) is 27.4. The maximum atomic E-state index is 12.8. The minimum absolute atomic E-state index is 0. The van der Waals surface area contributed by atoms with Crippen molar-refractivity contribution in [2.24, 2.45) is 0 Å². The number of amides is 2. The molecule has 1 fully saturated rings. The fourth-order valence-corrected chi connectivity index (χ4v) is 4.05. The molecule has 1 aliphatic heterocycles. The molecule has 2 N–H and O–H groups in total. The van der Waals surface area contributed by atoms with Gasteiger partial charge >= 0.3 is 0 Å². The second kappa shape index (κ2) is 12.9. The number of ether oxygens (including phenoxy) is 2. The Morgan fingerprint density at radius 2 is 1.91 bits per heavy atom. The molecule has 10 heteroatoms. The molecule has 0 saturated carbocycles. The molecule has 0 aliphatic carbocycles. The SMILES string of the molecule is CCN1CCCC1CNC(=O)c1cc(Cl)c(NC(=O)COc2ccc(Cl)cc2)cc1OC.Cl. The lowest BCUT2D eigenvalue weighted by atomic mass is 10.1. The lowest BCUT2D eigenvalue weighted by Gasteiger charge is -2.23. The molecule has 1 saturated heterocycles. The quantitative estimate of drug-likeness (QED) is 0.507. The van der Waals surface area contributed by atoms with Crippen molar-refractivity contribution >= 4 is 53.1 Å². The molecule has 180 valence electrons. The van der Waals surface area contributed by atoms with Crippen LogP contribution >= 0.6 is 35.6 Å². The van der Waals surface area contributed by atoms with E-state index in [9.17, 15) is 9.59 Å². The Hall–Kier alpha value is -2.19. The summed E-state index contributed by atoms with van der Waals surface area (Å²) in [7, 11) is 1.46. The maximum absolute atomic E-state index is 12.8. The molecule has 1 atom stereocenters. The van der Waals surface area contributed by atoms with Crippen molar-refractivity contribution < 1.29 is 19.1 Å². The molecule has 0 spiro atoms. The van der Waals surface area contributed by atoms with E-state index >= 15 is 0 Å². The number of hydrogen-bond donors (Lipinski definition) is 2. The van der Waals surface area contributed by atoms with Crippen molar-refractivity contribution in [1.82, 2.24) is 10.2 Å². The van der Waals surface area contributed by atoms with E-state index in [1.54, 1.807) is 24.3 Å². The van der Waals surface area contributed by atoms with Gasteiger partial charge in [0.15, 0.2) is 6.61 Å². The first-order valence-corrected chi connectivity index (χ1v) is 11.2. The van der Waals surface area contributed by atoms with E-state index in [-0.39, 0.29) is 29.9 Å². The first-order chi connectivity index (χ1) is 15.4. The van der Waals surface area contributed by atoms with E-state index in [1.165, 1.54) is 19.2 Å². The lowest BCUT2D eigenvalue weighted by molar-refractivity contribution is -0.118. The molecule has 1 heterocycles. The molecule has 2 aromatic rings. The van der Waals surface area contributed by atoms with Gasteiger partial charge in [0.25, 0.3) is 11.8 Å². The Morgan fingerprint density at radius 3 is 2.58 bits per heavy atom. The summed E-state index contributed by atoms with van der Waals surface area (Å²) in [6, 6.07) is 10.1. The first kappa shape index (κ1) is 27.1. The topological polar surface area (TPSA) is 79.9 Å². The predicted octanol–water partition coefficient (Wildman–Crippen LogP) is 4.66. The van der Waals surface area contributed by atoms with Crippen LogP contribution in [0.4, 0.5) is 5.69 Å². The normalized spacial score (nSPS) is 15.5. The fraction of sp³-hybridized carbons (Fsp3) is 0.391. The Morgan fingerprint density at radius 1 is 1.18 bits per heavy atom. The molecule has 2 amide bonds. The smallest absolute Gasteiger partial charge is 0.262 e. The number of rotatable bonds is 9. The van der Waals surface area contributed by atoms with Gasteiger partial charge in [-0.3, -0.25) is 14.5 Å². The van der Waals surface area contributed by atoms with Crippen molar-refractivity contribution in [3.05, 3.63) is 52.0 Å². The molecule has 0 radical (unpaired) electrons. The van der Waals surface area contributed by atoms with Gasteiger partial charge in [0.05, 0.1) is 23.4 Å². The number of methoxy groups -OCH3 is 1. The standard InChI is InChI=1S/C23H27Cl2N3O4.ClH/c1-3-28-10-4-5-16(28)13-26-23(30)18-11-19(25)20(12-21(18)31-2)27-22(29)14-32-17-8-6-15(24)7-9-17;/h6-9,11-12,16H,3-5,10,13-14H2,1-2H3,(H,26,30)(H,27,29);1H. The van der Waals surface area contributed by atoms with Crippen LogP contribution in [-0.4, -0.2) is 56.1 Å². The summed E-state index contributed by atoms with van der Waals surface area (Å²) >= 11 is 12.2. The van der Waals surface area contributed by atoms with E-state index in [2.05, 4.69) is 22.5 Å². The van der Waals surface area contributed by atoms with Crippen molar-refractivity contribution in [2.75, 3.05) is 38.7 Å². The summed E-state index contributed by atoms with van der Waals surface area (Å²) in [5, 5.41) is 6.46. The van der Waals surface area contributed by atoms with Gasteiger partial charge in [-0.1, -0.05) is 30.1 Å². The van der Waals surface area contributed by atoms with Gasteiger partial charge in [0.1, 0.15) is 11.5 Å². The third-order valence-corrected chi connectivity index (χ3v) is 5.96. The average molecular weight is 517 g/mol. The second-order valence-corrected chi connectivity index (χ2v) is 8.30. The monoisotopic (exact) mass is 515 g/mol. The molecular formula is C23H28Cl3N3O4. The maximum Gasteiger partial charge on any atom is 0.262 e. The van der Waals surface area contributed by atoms with Crippen molar-refractivity contribution in [3.63, 3.8) is 0 Å². The Balaban J connectivity index is 0.00000385. The third-order valence-electron chi connectivity index (χ3n) is 5.39. The zero-order valence-corrected chi connectivity index (χ0v) is 20.9. The van der Waals surface area contributed by atoms with Gasteiger partial charge < -0.3 is 20.1 Å². The van der Waals surface area contributed by atoms with Crippen LogP contribution < -0.4 is 20.1 Å². The Labute approximate surface area is 210 Å². The van der Waals surface area contributed by atoms with Crippen LogP contribution in [0.2, 0.25) is 10.0 Å². The van der Waals surface area contributed by atoms with Crippen LogP contribution in [0.25, 0.3) is 0 Å². The lowest BCUT2D eigenvalue weighted by Crippen LogP contribution is -2.40. The minimum atomic E-state index is -0.401. The van der Waals surface area contributed by atoms with E-state index in [4.69, 9.17) is 32.7 Å². The second-order valence-electron chi connectivity index (χ2n) is 7.46. The molecule has 0 aromatic heterocycles. The van der Waals surface area contributed by atoms with Gasteiger partial charge in [0, 0.05) is 23.7 Å². The number of anilines is 1. The number of likely N-dealkylation sites (N-methyl/N-ethyl adjacent to an activating group) is 1. The van der Waals surface area contributed by atoms with Gasteiger partial charge in [-0.2, -0.15) is 0 Å². The van der Waals surface area contributed by atoms with Crippen LogP contribution in [0.15, 0.2) is 36.4 Å². The summed E-state index contributed by atoms with van der Waals surface area (Å²) in [5.74, 6) is 0.168. The molecule has 1 aliphatic rings. The highest BCUT2D eigenvalue weighted by atomic mass is 35.5. The van der Waals surface area contributed by atoms with Gasteiger partial charge in [0.2, 0.25) is 0 Å². The molecular weight excluding hydrogens is 489 g/mol. The molecule has 33 heavy (non-hydrogen) atoms. The number of carbonyl (C=O) groups is 2. The van der Waals surface area contributed by atoms with Crippen LogP contribution in [-0.2, 0) is 4.79 Å². The van der Waals surface area contributed by atoms with Crippen LogP contribution in [0, 0.1) is 0 Å². The molecule has 0 bridgehead atoms. The van der Waals surface area contributed by atoms with E-state index in [0.717, 1.165) is 25.9 Å². The number of nitrogens with zero attached hydrogens (tertiary/aromatic N) is 1. The van der Waals surface area contributed by atoms with Gasteiger partial charge in [-0.25, -0.2) is 0 Å². The number of likely N-dealkylation sites (tertiary alicyclic amines) is 1. The van der Waals surface area contributed by atoms with E-state index in [0.29, 0.717) is 40.4 Å². The Kier molecular flexibility index (Phi) is 10.6. The van der Waals surface area contributed by atoms with E-state index in [1.807, 2.05) is 0 Å². The zero-order valence-electron chi connectivity index (χ0n) is 18.5. The highest BCUT2D eigenvalue weighted by Crippen LogP contribution is 2.31. The number of benzene rings is 2. The highest BCUT2D eigenvalue weighted by Gasteiger charge is 2.24. The molecule has 3 rings (SSSR count). The van der Waals surface area contributed by atoms with Crippen LogP contribution in [0.1, 0.15) is 30.1 Å². The van der Waals surface area contributed by atoms with Gasteiger partial charge in [-0.05, 0) is 56.3 Å².